The van der Waals surface area contributed by atoms with Gasteiger partial charge in [0.1, 0.15) is 11.4 Å². The van der Waals surface area contributed by atoms with Gasteiger partial charge in [-0.3, -0.25) is 24.5 Å². The van der Waals surface area contributed by atoms with E-state index in [-0.39, 0.29) is 23.6 Å². The van der Waals surface area contributed by atoms with Crippen LogP contribution in [0.25, 0.3) is 0 Å². The van der Waals surface area contributed by atoms with Crippen LogP contribution in [0.15, 0.2) is 42.5 Å². The molecule has 2 aromatic carbocycles. The Morgan fingerprint density at radius 3 is 2.62 bits per heavy atom. The van der Waals surface area contributed by atoms with Gasteiger partial charge in [0.2, 0.25) is 17.7 Å². The molecule has 10 heteroatoms. The van der Waals surface area contributed by atoms with Crippen molar-refractivity contribution in [2.45, 2.75) is 24.4 Å². The highest BCUT2D eigenvalue weighted by Gasteiger charge is 2.70. The van der Waals surface area contributed by atoms with E-state index >= 15 is 0 Å². The minimum atomic E-state index is -1.52. The molecule has 0 aliphatic carbocycles. The molecule has 0 bridgehead atoms. The average molecular weight is 458 g/mol. The number of hydrogen-bond acceptors (Lipinski definition) is 5. The topological polar surface area (TPSA) is 116 Å². The number of fused-ring (bicyclic) bond motifs is 4. The second-order valence-corrected chi connectivity index (χ2v) is 8.51. The zero-order valence-corrected chi connectivity index (χ0v) is 17.2. The highest BCUT2D eigenvalue weighted by atomic mass is 35.5. The van der Waals surface area contributed by atoms with Crippen molar-refractivity contribution < 1.29 is 28.7 Å². The summed E-state index contributed by atoms with van der Waals surface area (Å²) in [7, 11) is 0. The highest BCUT2D eigenvalue weighted by molar-refractivity contribution is 6.32. The number of para-hydroxylation sites is 1. The third kappa shape index (κ3) is 2.71. The number of carbonyl (C=O) groups excluding carboxylic acids is 3. The van der Waals surface area contributed by atoms with E-state index in [1.165, 1.54) is 12.1 Å². The summed E-state index contributed by atoms with van der Waals surface area (Å²) >= 11 is 5.87. The number of nitrogens with one attached hydrogen (secondary N) is 2. The number of carboxylic acid groups (broad SMARTS) is 1. The number of halogens is 2. The van der Waals surface area contributed by atoms with Gasteiger partial charge in [0.15, 0.2) is 0 Å². The maximum Gasteiger partial charge on any atom is 0.303 e. The third-order valence-corrected chi connectivity index (χ3v) is 6.74. The van der Waals surface area contributed by atoms with Crippen molar-refractivity contribution in [3.8, 4) is 0 Å². The molecule has 4 atom stereocenters. The molecule has 0 aromatic heterocycles. The van der Waals surface area contributed by atoms with Crippen LogP contribution < -0.4 is 15.5 Å². The van der Waals surface area contributed by atoms with E-state index in [2.05, 4.69) is 10.6 Å². The Morgan fingerprint density at radius 2 is 1.91 bits per heavy atom. The van der Waals surface area contributed by atoms with Gasteiger partial charge < -0.3 is 10.4 Å². The minimum absolute atomic E-state index is 0.0464. The van der Waals surface area contributed by atoms with E-state index < -0.39 is 52.9 Å². The van der Waals surface area contributed by atoms with Crippen LogP contribution in [-0.2, 0) is 24.7 Å². The number of carbonyl (C=O) groups is 4. The number of aliphatic carboxylic acids is 1. The van der Waals surface area contributed by atoms with Gasteiger partial charge in [-0.2, -0.15) is 0 Å². The molecule has 2 aromatic rings. The predicted octanol–water partition coefficient (Wildman–Crippen LogP) is 2.27. The predicted molar refractivity (Wildman–Crippen MR) is 111 cm³/mol. The van der Waals surface area contributed by atoms with Gasteiger partial charge in [-0.05, 0) is 30.7 Å². The second kappa shape index (κ2) is 7.11. The van der Waals surface area contributed by atoms with E-state index in [1.54, 1.807) is 24.3 Å². The van der Waals surface area contributed by atoms with Crippen molar-refractivity contribution >= 4 is 46.7 Å². The fourth-order valence-electron chi connectivity index (χ4n) is 5.16. The monoisotopic (exact) mass is 457 g/mol. The summed E-state index contributed by atoms with van der Waals surface area (Å²) in [4.78, 5) is 52.4. The molecule has 3 aliphatic rings. The Bertz CT molecular complexity index is 1200. The summed E-state index contributed by atoms with van der Waals surface area (Å²) in [5.74, 6) is -5.51. The van der Waals surface area contributed by atoms with E-state index in [0.29, 0.717) is 11.3 Å². The molecule has 32 heavy (non-hydrogen) atoms. The fourth-order valence-corrected chi connectivity index (χ4v) is 5.34. The van der Waals surface area contributed by atoms with Crippen molar-refractivity contribution in [3.63, 3.8) is 0 Å². The maximum atomic E-state index is 13.7. The van der Waals surface area contributed by atoms with Crippen molar-refractivity contribution in [1.82, 2.24) is 5.32 Å². The number of nitrogens with zero attached hydrogens (tertiary/aromatic N) is 1. The van der Waals surface area contributed by atoms with Crippen LogP contribution in [0.4, 0.5) is 15.8 Å². The van der Waals surface area contributed by atoms with Crippen LogP contribution in [0.3, 0.4) is 0 Å². The van der Waals surface area contributed by atoms with Crippen molar-refractivity contribution in [2.75, 3.05) is 10.2 Å². The highest BCUT2D eigenvalue weighted by Crippen LogP contribution is 2.54. The quantitative estimate of drug-likeness (QED) is 0.606. The fraction of sp³-hybridized carbons (Fsp3) is 0.273. The number of imide groups is 1. The molecule has 4 unspecified atom stereocenters. The lowest BCUT2D eigenvalue weighted by molar-refractivity contribution is -0.137. The van der Waals surface area contributed by atoms with Gasteiger partial charge in [0.25, 0.3) is 0 Å². The Kier molecular flexibility index (Phi) is 4.58. The summed E-state index contributed by atoms with van der Waals surface area (Å²) in [6, 6.07) is 9.64. The first-order valence-corrected chi connectivity index (χ1v) is 10.4. The summed E-state index contributed by atoms with van der Waals surface area (Å²) < 4.78 is 13.7. The van der Waals surface area contributed by atoms with Crippen molar-refractivity contribution in [2.24, 2.45) is 11.8 Å². The van der Waals surface area contributed by atoms with E-state index in [9.17, 15) is 23.6 Å². The first-order chi connectivity index (χ1) is 15.3. The normalized spacial score (nSPS) is 28.2. The molecule has 1 spiro atoms. The zero-order chi connectivity index (χ0) is 22.8. The standard InChI is InChI=1S/C22H17ClFN3O5/c23-12-9-10(5-6-13(12)24)27-19(30)17-15(7-8-16(28)29)26-22(18(17)20(27)31)11-3-1-2-4-14(11)25-21(22)32/h1-6,9,15,17-18,26H,7-8H2,(H,25,32)(H,28,29). The SMILES string of the molecule is O=C(O)CCC1NC2(C(=O)Nc3ccccc32)C2C(=O)N(c3ccc(F)c(Cl)c3)C(=O)C12. The number of benzene rings is 2. The van der Waals surface area contributed by atoms with E-state index in [1.807, 2.05) is 0 Å². The maximum absolute atomic E-state index is 13.7. The van der Waals surface area contributed by atoms with Crippen LogP contribution in [-0.4, -0.2) is 34.8 Å². The summed E-state index contributed by atoms with van der Waals surface area (Å²) in [6.07, 6.45) is -0.200. The number of carboxylic acids is 1. The molecule has 8 nitrogen and oxygen atoms in total. The van der Waals surface area contributed by atoms with Crippen LogP contribution in [0.5, 0.6) is 0 Å². The van der Waals surface area contributed by atoms with Gasteiger partial charge in [-0.25, -0.2) is 9.29 Å². The third-order valence-electron chi connectivity index (χ3n) is 6.45. The number of rotatable bonds is 4. The molecule has 3 N–H and O–H groups in total. The molecule has 0 saturated carbocycles. The summed E-state index contributed by atoms with van der Waals surface area (Å²) in [6.45, 7) is 0. The van der Waals surface area contributed by atoms with Crippen molar-refractivity contribution in [3.05, 3.63) is 58.9 Å². The van der Waals surface area contributed by atoms with Gasteiger partial charge in [0, 0.05) is 23.7 Å². The second-order valence-electron chi connectivity index (χ2n) is 8.10. The number of hydrogen-bond donors (Lipinski definition) is 3. The molecule has 0 radical (unpaired) electrons. The zero-order valence-electron chi connectivity index (χ0n) is 16.5. The largest absolute Gasteiger partial charge is 0.481 e. The summed E-state index contributed by atoms with van der Waals surface area (Å²) in [5.41, 5.74) is -0.376. The van der Waals surface area contributed by atoms with E-state index in [0.717, 1.165) is 11.0 Å². The summed E-state index contributed by atoms with van der Waals surface area (Å²) in [5, 5.41) is 14.8. The molecule has 3 aliphatic heterocycles. The van der Waals surface area contributed by atoms with Gasteiger partial charge in [0.05, 0.1) is 22.5 Å². The van der Waals surface area contributed by atoms with Gasteiger partial charge >= 0.3 is 5.97 Å². The lowest BCUT2D eigenvalue weighted by atomic mass is 9.76. The molecular weight excluding hydrogens is 441 g/mol. The van der Waals surface area contributed by atoms with Crippen LogP contribution >= 0.6 is 11.6 Å². The van der Waals surface area contributed by atoms with Gasteiger partial charge in [-0.1, -0.05) is 29.8 Å². The molecule has 2 fully saturated rings. The Balaban J connectivity index is 1.64. The molecule has 3 heterocycles. The Hall–Kier alpha value is -3.30. The molecule has 5 rings (SSSR count). The molecule has 3 amide bonds. The average Bonchev–Trinajstić information content (AvgIpc) is 3.33. The Morgan fingerprint density at radius 1 is 1.16 bits per heavy atom. The Labute approximate surface area is 186 Å². The lowest BCUT2D eigenvalue weighted by Gasteiger charge is -2.29. The van der Waals surface area contributed by atoms with Crippen LogP contribution in [0.2, 0.25) is 5.02 Å². The van der Waals surface area contributed by atoms with E-state index in [4.69, 9.17) is 16.7 Å². The molecule has 164 valence electrons. The first kappa shape index (κ1) is 20.6. The molecular formula is C22H17ClFN3O5. The van der Waals surface area contributed by atoms with Crippen LogP contribution in [0.1, 0.15) is 18.4 Å². The number of amides is 3. The lowest BCUT2D eigenvalue weighted by Crippen LogP contribution is -2.53. The first-order valence-electron chi connectivity index (χ1n) is 9.99. The number of anilines is 2. The van der Waals surface area contributed by atoms with Gasteiger partial charge in [-0.15, -0.1) is 0 Å². The smallest absolute Gasteiger partial charge is 0.303 e. The van der Waals surface area contributed by atoms with Crippen LogP contribution in [0, 0.1) is 17.7 Å². The van der Waals surface area contributed by atoms with Crippen molar-refractivity contribution in [1.29, 1.82) is 0 Å². The molecule has 2 saturated heterocycles. The minimum Gasteiger partial charge on any atom is -0.481 e.